The highest BCUT2D eigenvalue weighted by atomic mass is 16.2. The van der Waals surface area contributed by atoms with E-state index in [0.29, 0.717) is 0 Å². The summed E-state index contributed by atoms with van der Waals surface area (Å²) in [7, 11) is 1.88. The van der Waals surface area contributed by atoms with Crippen LogP contribution in [0.1, 0.15) is 37.0 Å². The Morgan fingerprint density at radius 1 is 1.28 bits per heavy atom. The van der Waals surface area contributed by atoms with Gasteiger partial charge in [-0.2, -0.15) is 0 Å². The maximum atomic E-state index is 12.4. The standard InChI is InChI=1S/C15H22N2O/c1-15(2)9-4-10-17(11-15)14(18)12-5-7-13(16-3)8-6-12/h5-8,16H,4,9-11H2,1-3H3. The van der Waals surface area contributed by atoms with Gasteiger partial charge >= 0.3 is 0 Å². The fourth-order valence-electron chi connectivity index (χ4n) is 2.56. The number of likely N-dealkylation sites (tertiary alicyclic amines) is 1. The first-order valence-electron chi connectivity index (χ1n) is 6.59. The van der Waals surface area contributed by atoms with E-state index in [2.05, 4.69) is 19.2 Å². The normalized spacial score (nSPS) is 18.5. The van der Waals surface area contributed by atoms with Crippen molar-refractivity contribution in [3.63, 3.8) is 0 Å². The monoisotopic (exact) mass is 246 g/mol. The number of rotatable bonds is 2. The van der Waals surface area contributed by atoms with Crippen LogP contribution in [0.4, 0.5) is 5.69 Å². The number of nitrogens with one attached hydrogen (secondary N) is 1. The van der Waals surface area contributed by atoms with E-state index in [4.69, 9.17) is 0 Å². The van der Waals surface area contributed by atoms with Crippen LogP contribution in [0.25, 0.3) is 0 Å². The lowest BCUT2D eigenvalue weighted by atomic mass is 9.84. The van der Waals surface area contributed by atoms with Crippen molar-refractivity contribution in [3.8, 4) is 0 Å². The van der Waals surface area contributed by atoms with Crippen molar-refractivity contribution in [1.82, 2.24) is 4.90 Å². The molecule has 3 heteroatoms. The van der Waals surface area contributed by atoms with Gasteiger partial charge in [0.05, 0.1) is 0 Å². The molecule has 1 heterocycles. The number of hydrogen-bond donors (Lipinski definition) is 1. The minimum Gasteiger partial charge on any atom is -0.388 e. The van der Waals surface area contributed by atoms with Crippen LogP contribution in [0.15, 0.2) is 24.3 Å². The fraction of sp³-hybridized carbons (Fsp3) is 0.533. The summed E-state index contributed by atoms with van der Waals surface area (Å²) >= 11 is 0. The maximum absolute atomic E-state index is 12.4. The van der Waals surface area contributed by atoms with Gasteiger partial charge in [0.2, 0.25) is 0 Å². The van der Waals surface area contributed by atoms with E-state index in [1.165, 1.54) is 6.42 Å². The van der Waals surface area contributed by atoms with Crippen LogP contribution in [-0.2, 0) is 0 Å². The van der Waals surface area contributed by atoms with Crippen molar-refractivity contribution in [3.05, 3.63) is 29.8 Å². The molecule has 0 aromatic heterocycles. The van der Waals surface area contributed by atoms with Crippen LogP contribution in [-0.4, -0.2) is 30.9 Å². The first kappa shape index (κ1) is 12.9. The van der Waals surface area contributed by atoms with Crippen LogP contribution in [0.2, 0.25) is 0 Å². The van der Waals surface area contributed by atoms with Crippen LogP contribution < -0.4 is 5.32 Å². The number of carbonyl (C=O) groups is 1. The molecule has 1 amide bonds. The van der Waals surface area contributed by atoms with E-state index in [1.807, 2.05) is 36.2 Å². The molecule has 18 heavy (non-hydrogen) atoms. The van der Waals surface area contributed by atoms with Gasteiger partial charge in [-0.1, -0.05) is 13.8 Å². The Kier molecular flexibility index (Phi) is 3.60. The molecule has 0 bridgehead atoms. The number of piperidine rings is 1. The third-order valence-electron chi connectivity index (χ3n) is 3.61. The van der Waals surface area contributed by atoms with E-state index < -0.39 is 0 Å². The summed E-state index contributed by atoms with van der Waals surface area (Å²) in [5.41, 5.74) is 2.07. The largest absolute Gasteiger partial charge is 0.388 e. The topological polar surface area (TPSA) is 32.3 Å². The number of benzene rings is 1. The lowest BCUT2D eigenvalue weighted by Gasteiger charge is -2.38. The second-order valence-corrected chi connectivity index (χ2v) is 5.82. The molecule has 0 atom stereocenters. The van der Waals surface area contributed by atoms with Crippen molar-refractivity contribution in [2.75, 3.05) is 25.5 Å². The average molecular weight is 246 g/mol. The molecule has 0 saturated carbocycles. The average Bonchev–Trinajstić information content (AvgIpc) is 2.37. The summed E-state index contributed by atoms with van der Waals surface area (Å²) in [5, 5.41) is 3.06. The van der Waals surface area contributed by atoms with Gasteiger partial charge in [-0.3, -0.25) is 4.79 Å². The quantitative estimate of drug-likeness (QED) is 0.870. The van der Waals surface area contributed by atoms with Gasteiger partial charge in [0, 0.05) is 31.4 Å². The maximum Gasteiger partial charge on any atom is 0.253 e. The molecule has 1 aliphatic rings. The van der Waals surface area contributed by atoms with Gasteiger partial charge in [0.1, 0.15) is 0 Å². The highest BCUT2D eigenvalue weighted by molar-refractivity contribution is 5.94. The molecule has 1 aliphatic heterocycles. The second kappa shape index (κ2) is 5.01. The van der Waals surface area contributed by atoms with Gasteiger partial charge in [-0.05, 0) is 42.5 Å². The Labute approximate surface area is 109 Å². The Bertz CT molecular complexity index is 423. The third kappa shape index (κ3) is 2.84. The van der Waals surface area contributed by atoms with E-state index in [0.717, 1.165) is 30.8 Å². The molecular formula is C15H22N2O. The highest BCUT2D eigenvalue weighted by Gasteiger charge is 2.29. The molecule has 0 unspecified atom stereocenters. The molecule has 0 spiro atoms. The smallest absolute Gasteiger partial charge is 0.253 e. The SMILES string of the molecule is CNc1ccc(C(=O)N2CCCC(C)(C)C2)cc1. The lowest BCUT2D eigenvalue weighted by molar-refractivity contribution is 0.0583. The zero-order valence-electron chi connectivity index (χ0n) is 11.5. The molecule has 1 fully saturated rings. The van der Waals surface area contributed by atoms with E-state index in [-0.39, 0.29) is 11.3 Å². The molecule has 1 aromatic carbocycles. The van der Waals surface area contributed by atoms with Gasteiger partial charge < -0.3 is 10.2 Å². The van der Waals surface area contributed by atoms with E-state index in [1.54, 1.807) is 0 Å². The van der Waals surface area contributed by atoms with Crippen LogP contribution in [0, 0.1) is 5.41 Å². The van der Waals surface area contributed by atoms with Gasteiger partial charge in [0.25, 0.3) is 5.91 Å². The molecule has 2 rings (SSSR count). The van der Waals surface area contributed by atoms with Gasteiger partial charge in [-0.25, -0.2) is 0 Å². The summed E-state index contributed by atoms with van der Waals surface area (Å²) in [5.74, 6) is 0.158. The molecule has 98 valence electrons. The van der Waals surface area contributed by atoms with Crippen molar-refractivity contribution >= 4 is 11.6 Å². The Morgan fingerprint density at radius 2 is 1.94 bits per heavy atom. The Morgan fingerprint density at radius 3 is 2.50 bits per heavy atom. The van der Waals surface area contributed by atoms with Crippen molar-refractivity contribution in [2.24, 2.45) is 5.41 Å². The Balaban J connectivity index is 2.10. The van der Waals surface area contributed by atoms with Crippen molar-refractivity contribution < 1.29 is 4.79 Å². The minimum absolute atomic E-state index is 0.158. The third-order valence-corrected chi connectivity index (χ3v) is 3.61. The number of nitrogens with zero attached hydrogens (tertiary/aromatic N) is 1. The summed E-state index contributed by atoms with van der Waals surface area (Å²) in [6.45, 7) is 6.21. The summed E-state index contributed by atoms with van der Waals surface area (Å²) < 4.78 is 0. The summed E-state index contributed by atoms with van der Waals surface area (Å²) in [6, 6.07) is 7.69. The van der Waals surface area contributed by atoms with E-state index >= 15 is 0 Å². The molecule has 0 aliphatic carbocycles. The van der Waals surface area contributed by atoms with Gasteiger partial charge in [-0.15, -0.1) is 0 Å². The lowest BCUT2D eigenvalue weighted by Crippen LogP contribution is -2.43. The Hall–Kier alpha value is -1.51. The number of amides is 1. The fourth-order valence-corrected chi connectivity index (χ4v) is 2.56. The molecule has 0 radical (unpaired) electrons. The van der Waals surface area contributed by atoms with Crippen LogP contribution >= 0.6 is 0 Å². The zero-order chi connectivity index (χ0) is 13.2. The first-order chi connectivity index (χ1) is 8.52. The molecule has 1 aromatic rings. The molecule has 1 saturated heterocycles. The number of carbonyl (C=O) groups excluding carboxylic acids is 1. The van der Waals surface area contributed by atoms with Crippen molar-refractivity contribution in [2.45, 2.75) is 26.7 Å². The second-order valence-electron chi connectivity index (χ2n) is 5.82. The molecule has 1 N–H and O–H groups in total. The first-order valence-corrected chi connectivity index (χ1v) is 6.59. The highest BCUT2D eigenvalue weighted by Crippen LogP contribution is 2.29. The number of hydrogen-bond acceptors (Lipinski definition) is 2. The minimum atomic E-state index is 0.158. The predicted molar refractivity (Wildman–Crippen MR) is 74.9 cm³/mol. The van der Waals surface area contributed by atoms with Gasteiger partial charge in [0.15, 0.2) is 0 Å². The predicted octanol–water partition coefficient (Wildman–Crippen LogP) is 2.99. The zero-order valence-corrected chi connectivity index (χ0v) is 11.5. The van der Waals surface area contributed by atoms with Crippen LogP contribution in [0.5, 0.6) is 0 Å². The molecule has 3 nitrogen and oxygen atoms in total. The van der Waals surface area contributed by atoms with Crippen LogP contribution in [0.3, 0.4) is 0 Å². The van der Waals surface area contributed by atoms with E-state index in [9.17, 15) is 4.79 Å². The number of anilines is 1. The summed E-state index contributed by atoms with van der Waals surface area (Å²) in [6.07, 6.45) is 2.31. The van der Waals surface area contributed by atoms with Crippen molar-refractivity contribution in [1.29, 1.82) is 0 Å². The summed E-state index contributed by atoms with van der Waals surface area (Å²) in [4.78, 5) is 14.4. The molecular weight excluding hydrogens is 224 g/mol.